The normalized spacial score (nSPS) is 13.8. The first-order valence-corrected chi connectivity index (χ1v) is 11.4. The molecule has 1 aliphatic rings. The van der Waals surface area contributed by atoms with Crippen LogP contribution in [0.1, 0.15) is 39.7 Å². The second-order valence-corrected chi connectivity index (χ2v) is 7.86. The highest BCUT2D eigenvalue weighted by Gasteiger charge is 2.39. The van der Waals surface area contributed by atoms with Gasteiger partial charge in [-0.3, -0.25) is 14.5 Å². The maximum Gasteiger partial charge on any atom is 0.278 e. The number of amides is 2. The van der Waals surface area contributed by atoms with Crippen LogP contribution >= 0.6 is 0 Å². The molecule has 0 saturated heterocycles. The van der Waals surface area contributed by atoms with Crippen molar-refractivity contribution in [1.82, 2.24) is 4.90 Å². The number of hydrogen-bond donors (Lipinski definition) is 1. The van der Waals surface area contributed by atoms with Crippen molar-refractivity contribution < 1.29 is 23.8 Å². The Balaban J connectivity index is 1.96. The molecule has 0 unspecified atom stereocenters. The molecule has 7 nitrogen and oxygen atoms in total. The maximum atomic E-state index is 13.3. The van der Waals surface area contributed by atoms with Gasteiger partial charge in [0.25, 0.3) is 11.8 Å². The molecule has 0 atom stereocenters. The summed E-state index contributed by atoms with van der Waals surface area (Å²) in [5.41, 5.74) is 1.80. The number of para-hydroxylation sites is 2. The average Bonchev–Trinajstić information content (AvgIpc) is 3.03. The van der Waals surface area contributed by atoms with Crippen LogP contribution in [0.5, 0.6) is 11.5 Å². The van der Waals surface area contributed by atoms with Gasteiger partial charge >= 0.3 is 0 Å². The zero-order chi connectivity index (χ0) is 23.8. The number of imide groups is 1. The molecule has 33 heavy (non-hydrogen) atoms. The van der Waals surface area contributed by atoms with Gasteiger partial charge in [0.2, 0.25) is 0 Å². The third-order valence-electron chi connectivity index (χ3n) is 5.00. The topological polar surface area (TPSA) is 77.1 Å². The highest BCUT2D eigenvalue weighted by atomic mass is 16.5. The molecule has 2 amide bonds. The first kappa shape index (κ1) is 24.3. The van der Waals surface area contributed by atoms with Crippen LogP contribution in [0.25, 0.3) is 5.57 Å². The average molecular weight is 453 g/mol. The predicted octanol–water partition coefficient (Wildman–Crippen LogP) is 4.49. The minimum Gasteiger partial charge on any atom is -0.494 e. The molecule has 3 rings (SSSR count). The van der Waals surface area contributed by atoms with Gasteiger partial charge in [-0.25, -0.2) is 0 Å². The summed E-state index contributed by atoms with van der Waals surface area (Å²) in [4.78, 5) is 27.9. The fourth-order valence-electron chi connectivity index (χ4n) is 3.47. The quantitative estimate of drug-likeness (QED) is 0.478. The summed E-state index contributed by atoms with van der Waals surface area (Å²) < 4.78 is 16.9. The Labute approximate surface area is 195 Å². The first-order valence-electron chi connectivity index (χ1n) is 11.4. The van der Waals surface area contributed by atoms with E-state index in [1.807, 2.05) is 64.1 Å². The standard InChI is InChI=1S/C26H32N2O5/c1-5-16-33-20-13-11-19(12-14-20)23-24(27-21-9-7-8-10-22(21)31-6-2)26(30)28(25(23)29)15-17-32-18(3)4/h7-14,18,27H,5-6,15-17H2,1-4H3. The Hall–Kier alpha value is -3.32. The molecule has 0 aromatic heterocycles. The third kappa shape index (κ3) is 5.93. The van der Waals surface area contributed by atoms with Gasteiger partial charge in [0.05, 0.1) is 43.7 Å². The minimum absolute atomic E-state index is 0.0107. The number of nitrogens with one attached hydrogen (secondary N) is 1. The van der Waals surface area contributed by atoms with Crippen LogP contribution in [0.15, 0.2) is 54.2 Å². The largest absolute Gasteiger partial charge is 0.494 e. The van der Waals surface area contributed by atoms with Crippen molar-refractivity contribution in [1.29, 1.82) is 0 Å². The first-order chi connectivity index (χ1) is 16.0. The van der Waals surface area contributed by atoms with E-state index >= 15 is 0 Å². The molecule has 0 radical (unpaired) electrons. The number of carbonyl (C=O) groups is 2. The summed E-state index contributed by atoms with van der Waals surface area (Å²) in [5.74, 6) is 0.583. The van der Waals surface area contributed by atoms with Crippen molar-refractivity contribution in [3.05, 3.63) is 59.8 Å². The summed E-state index contributed by atoms with van der Waals surface area (Å²) >= 11 is 0. The molecule has 1 aliphatic heterocycles. The molecule has 0 bridgehead atoms. The number of ether oxygens (including phenoxy) is 3. The lowest BCUT2D eigenvalue weighted by molar-refractivity contribution is -0.137. The van der Waals surface area contributed by atoms with Crippen molar-refractivity contribution in [3.63, 3.8) is 0 Å². The van der Waals surface area contributed by atoms with E-state index in [2.05, 4.69) is 5.32 Å². The van der Waals surface area contributed by atoms with E-state index in [0.29, 0.717) is 35.8 Å². The lowest BCUT2D eigenvalue weighted by atomic mass is 10.0. The van der Waals surface area contributed by atoms with Gasteiger partial charge in [-0.1, -0.05) is 31.2 Å². The molecule has 0 spiro atoms. The van der Waals surface area contributed by atoms with Crippen LogP contribution in [0.3, 0.4) is 0 Å². The van der Waals surface area contributed by atoms with Crippen molar-refractivity contribution in [2.24, 2.45) is 0 Å². The van der Waals surface area contributed by atoms with Gasteiger partial charge in [0.15, 0.2) is 0 Å². The lowest BCUT2D eigenvalue weighted by Crippen LogP contribution is -2.35. The SMILES string of the molecule is CCCOc1ccc(C2=C(Nc3ccccc3OCC)C(=O)N(CCOC(C)C)C2=O)cc1. The van der Waals surface area contributed by atoms with Gasteiger partial charge in [-0.05, 0) is 57.0 Å². The van der Waals surface area contributed by atoms with Crippen molar-refractivity contribution in [2.75, 3.05) is 31.7 Å². The molecule has 0 fully saturated rings. The molecule has 1 N–H and O–H groups in total. The van der Waals surface area contributed by atoms with Gasteiger partial charge in [0.1, 0.15) is 17.2 Å². The molecular formula is C26H32N2O5. The van der Waals surface area contributed by atoms with E-state index in [9.17, 15) is 9.59 Å². The summed E-state index contributed by atoms with van der Waals surface area (Å²) in [5, 5.41) is 3.17. The summed E-state index contributed by atoms with van der Waals surface area (Å²) in [6, 6.07) is 14.6. The number of benzene rings is 2. The van der Waals surface area contributed by atoms with E-state index in [4.69, 9.17) is 14.2 Å². The number of anilines is 1. The molecule has 2 aromatic carbocycles. The van der Waals surface area contributed by atoms with E-state index in [1.54, 1.807) is 12.1 Å². The van der Waals surface area contributed by atoms with Crippen LogP contribution in [0, 0.1) is 0 Å². The molecule has 7 heteroatoms. The Morgan fingerprint density at radius 2 is 1.64 bits per heavy atom. The highest BCUT2D eigenvalue weighted by Crippen LogP contribution is 2.34. The Kier molecular flexibility index (Phi) is 8.49. The minimum atomic E-state index is -0.389. The van der Waals surface area contributed by atoms with E-state index in [-0.39, 0.29) is 36.8 Å². The Morgan fingerprint density at radius 1 is 0.909 bits per heavy atom. The Bertz CT molecular complexity index is 998. The van der Waals surface area contributed by atoms with Gasteiger partial charge in [-0.15, -0.1) is 0 Å². The smallest absolute Gasteiger partial charge is 0.278 e. The Morgan fingerprint density at radius 3 is 2.30 bits per heavy atom. The van der Waals surface area contributed by atoms with Gasteiger partial charge in [-0.2, -0.15) is 0 Å². The van der Waals surface area contributed by atoms with Crippen LogP contribution in [-0.4, -0.2) is 49.2 Å². The summed E-state index contributed by atoms with van der Waals surface area (Å²) in [7, 11) is 0. The van der Waals surface area contributed by atoms with E-state index in [1.165, 1.54) is 4.90 Å². The summed E-state index contributed by atoms with van der Waals surface area (Å²) in [6.45, 7) is 9.31. The molecule has 176 valence electrons. The fraction of sp³-hybridized carbons (Fsp3) is 0.385. The molecule has 1 heterocycles. The molecule has 0 aliphatic carbocycles. The third-order valence-corrected chi connectivity index (χ3v) is 5.00. The second kappa shape index (κ2) is 11.5. The maximum absolute atomic E-state index is 13.3. The molecule has 0 saturated carbocycles. The number of hydrogen-bond acceptors (Lipinski definition) is 6. The number of nitrogens with zero attached hydrogens (tertiary/aromatic N) is 1. The monoisotopic (exact) mass is 452 g/mol. The predicted molar refractivity (Wildman–Crippen MR) is 128 cm³/mol. The summed E-state index contributed by atoms with van der Waals surface area (Å²) in [6.07, 6.45) is 0.914. The zero-order valence-corrected chi connectivity index (χ0v) is 19.7. The van der Waals surface area contributed by atoms with E-state index in [0.717, 1.165) is 12.2 Å². The van der Waals surface area contributed by atoms with Crippen LogP contribution in [0.2, 0.25) is 0 Å². The fourth-order valence-corrected chi connectivity index (χ4v) is 3.47. The van der Waals surface area contributed by atoms with E-state index < -0.39 is 0 Å². The van der Waals surface area contributed by atoms with Crippen LogP contribution in [-0.2, 0) is 14.3 Å². The van der Waals surface area contributed by atoms with Crippen molar-refractivity contribution >= 4 is 23.1 Å². The van der Waals surface area contributed by atoms with Crippen LogP contribution in [0.4, 0.5) is 5.69 Å². The highest BCUT2D eigenvalue weighted by molar-refractivity contribution is 6.36. The molecular weight excluding hydrogens is 420 g/mol. The second-order valence-electron chi connectivity index (χ2n) is 7.86. The van der Waals surface area contributed by atoms with Crippen molar-refractivity contribution in [3.8, 4) is 11.5 Å². The van der Waals surface area contributed by atoms with Crippen LogP contribution < -0.4 is 14.8 Å². The number of carbonyl (C=O) groups excluding carboxylic acids is 2. The molecule has 2 aromatic rings. The van der Waals surface area contributed by atoms with Gasteiger partial charge in [0, 0.05) is 0 Å². The number of rotatable bonds is 12. The zero-order valence-electron chi connectivity index (χ0n) is 19.7. The van der Waals surface area contributed by atoms with Crippen molar-refractivity contribution in [2.45, 2.75) is 40.2 Å². The van der Waals surface area contributed by atoms with Gasteiger partial charge < -0.3 is 19.5 Å². The lowest BCUT2D eigenvalue weighted by Gasteiger charge is -2.17.